The summed E-state index contributed by atoms with van der Waals surface area (Å²) in [6, 6.07) is 1.62. The highest BCUT2D eigenvalue weighted by molar-refractivity contribution is 5.94. The van der Waals surface area contributed by atoms with Crippen molar-refractivity contribution in [3.63, 3.8) is 0 Å². The molecule has 0 amide bonds. The van der Waals surface area contributed by atoms with Gasteiger partial charge in [0.2, 0.25) is 0 Å². The second-order valence-electron chi connectivity index (χ2n) is 2.63. The Morgan fingerprint density at radius 1 is 1.69 bits per heavy atom. The predicted molar refractivity (Wildman–Crippen MR) is 49.3 cm³/mol. The van der Waals surface area contributed by atoms with Gasteiger partial charge in [0.15, 0.2) is 0 Å². The van der Waals surface area contributed by atoms with Crippen LogP contribution in [0.1, 0.15) is 23.0 Å². The minimum Gasteiger partial charge on any atom is -0.462 e. The fourth-order valence-corrected chi connectivity index (χ4v) is 0.956. The molecule has 0 spiro atoms. The molecule has 0 fully saturated rings. The Labute approximate surface area is 76.7 Å². The van der Waals surface area contributed by atoms with Gasteiger partial charge in [-0.2, -0.15) is 0 Å². The number of pyridine rings is 1. The largest absolute Gasteiger partial charge is 0.462 e. The normalized spacial score (nSPS) is 9.69. The number of carbonyl (C=O) groups is 1. The molecule has 0 aliphatic heterocycles. The average molecular weight is 180 g/mol. The lowest BCUT2D eigenvalue weighted by Crippen LogP contribution is -2.08. The summed E-state index contributed by atoms with van der Waals surface area (Å²) in [5.74, 6) is -0.398. The summed E-state index contributed by atoms with van der Waals surface area (Å²) in [7, 11) is 0. The highest BCUT2D eigenvalue weighted by Gasteiger charge is 2.10. The number of anilines is 1. The molecule has 0 bridgehead atoms. The lowest BCUT2D eigenvalue weighted by molar-refractivity contribution is 0.0527. The number of aromatic nitrogens is 1. The molecule has 4 heteroatoms. The molecule has 4 nitrogen and oxygen atoms in total. The summed E-state index contributed by atoms with van der Waals surface area (Å²) in [5.41, 5.74) is 7.04. The zero-order valence-corrected chi connectivity index (χ0v) is 7.70. The van der Waals surface area contributed by atoms with Crippen LogP contribution in [0.2, 0.25) is 0 Å². The first kappa shape index (κ1) is 9.51. The maximum Gasteiger partial charge on any atom is 0.340 e. The SMILES string of the molecule is CCOC(=O)c1cc(C)ncc1N. The highest BCUT2D eigenvalue weighted by atomic mass is 16.5. The van der Waals surface area contributed by atoms with E-state index in [1.165, 1.54) is 6.20 Å². The van der Waals surface area contributed by atoms with E-state index < -0.39 is 5.97 Å². The number of aryl methyl sites for hydroxylation is 1. The third-order valence-electron chi connectivity index (χ3n) is 1.57. The molecule has 0 saturated carbocycles. The van der Waals surface area contributed by atoms with E-state index >= 15 is 0 Å². The monoisotopic (exact) mass is 180 g/mol. The van der Waals surface area contributed by atoms with Gasteiger partial charge >= 0.3 is 5.97 Å². The Hall–Kier alpha value is -1.58. The fraction of sp³-hybridized carbons (Fsp3) is 0.333. The summed E-state index contributed by atoms with van der Waals surface area (Å²) >= 11 is 0. The van der Waals surface area contributed by atoms with Crippen molar-refractivity contribution in [2.75, 3.05) is 12.3 Å². The maximum atomic E-state index is 11.3. The molecule has 70 valence electrons. The number of esters is 1. The van der Waals surface area contributed by atoms with Crippen LogP contribution in [0.25, 0.3) is 0 Å². The van der Waals surface area contributed by atoms with Gasteiger partial charge in [-0.3, -0.25) is 4.98 Å². The Morgan fingerprint density at radius 3 is 3.00 bits per heavy atom. The molecule has 0 radical (unpaired) electrons. The Bertz CT molecular complexity index is 323. The second-order valence-corrected chi connectivity index (χ2v) is 2.63. The first-order valence-corrected chi connectivity index (χ1v) is 4.04. The smallest absolute Gasteiger partial charge is 0.340 e. The van der Waals surface area contributed by atoms with Gasteiger partial charge in [0.05, 0.1) is 24.1 Å². The van der Waals surface area contributed by atoms with Gasteiger partial charge in [0.25, 0.3) is 0 Å². The third kappa shape index (κ3) is 2.18. The molecule has 0 aliphatic carbocycles. The molecule has 1 aromatic heterocycles. The van der Waals surface area contributed by atoms with Gasteiger partial charge in [-0.05, 0) is 19.9 Å². The lowest BCUT2D eigenvalue weighted by Gasteiger charge is -2.04. The molecule has 0 aromatic carbocycles. The number of nitrogen functional groups attached to an aromatic ring is 1. The van der Waals surface area contributed by atoms with Gasteiger partial charge in [0, 0.05) is 5.69 Å². The van der Waals surface area contributed by atoms with E-state index in [2.05, 4.69) is 4.98 Å². The number of ether oxygens (including phenoxy) is 1. The van der Waals surface area contributed by atoms with Crippen LogP contribution in [0.5, 0.6) is 0 Å². The van der Waals surface area contributed by atoms with E-state index in [4.69, 9.17) is 10.5 Å². The molecule has 1 heterocycles. The van der Waals surface area contributed by atoms with Crippen LogP contribution < -0.4 is 5.73 Å². The van der Waals surface area contributed by atoms with Crippen LogP contribution in [-0.4, -0.2) is 17.6 Å². The zero-order valence-electron chi connectivity index (χ0n) is 7.70. The Morgan fingerprint density at radius 2 is 2.38 bits per heavy atom. The van der Waals surface area contributed by atoms with E-state index in [1.807, 2.05) is 0 Å². The van der Waals surface area contributed by atoms with Crippen molar-refractivity contribution in [3.05, 3.63) is 23.5 Å². The molecule has 0 saturated heterocycles. The van der Waals surface area contributed by atoms with Crippen LogP contribution in [0, 0.1) is 6.92 Å². The number of hydrogen-bond acceptors (Lipinski definition) is 4. The number of carbonyl (C=O) groups excluding carboxylic acids is 1. The molecule has 0 aliphatic rings. The highest BCUT2D eigenvalue weighted by Crippen LogP contribution is 2.12. The van der Waals surface area contributed by atoms with Gasteiger partial charge in [-0.15, -0.1) is 0 Å². The van der Waals surface area contributed by atoms with Gasteiger partial charge in [-0.25, -0.2) is 4.79 Å². The van der Waals surface area contributed by atoms with Crippen LogP contribution in [-0.2, 0) is 4.74 Å². The van der Waals surface area contributed by atoms with Crippen molar-refractivity contribution >= 4 is 11.7 Å². The summed E-state index contributed by atoms with van der Waals surface area (Å²) in [4.78, 5) is 15.2. The van der Waals surface area contributed by atoms with Crippen LogP contribution in [0.4, 0.5) is 5.69 Å². The third-order valence-corrected chi connectivity index (χ3v) is 1.57. The number of nitrogens with two attached hydrogens (primary N) is 1. The van der Waals surface area contributed by atoms with Crippen molar-refractivity contribution in [2.45, 2.75) is 13.8 Å². The van der Waals surface area contributed by atoms with Gasteiger partial charge in [0.1, 0.15) is 0 Å². The second kappa shape index (κ2) is 3.89. The first-order valence-electron chi connectivity index (χ1n) is 4.04. The summed E-state index contributed by atoms with van der Waals surface area (Å²) < 4.78 is 4.82. The van der Waals surface area contributed by atoms with E-state index in [1.54, 1.807) is 19.9 Å². The van der Waals surface area contributed by atoms with Crippen molar-refractivity contribution in [1.82, 2.24) is 4.98 Å². The number of hydrogen-bond donors (Lipinski definition) is 1. The molecule has 2 N–H and O–H groups in total. The molecule has 0 atom stereocenters. The van der Waals surface area contributed by atoms with Crippen molar-refractivity contribution in [1.29, 1.82) is 0 Å². The van der Waals surface area contributed by atoms with Crippen LogP contribution in [0.3, 0.4) is 0 Å². The standard InChI is InChI=1S/C9H12N2O2/c1-3-13-9(12)7-4-6(2)11-5-8(7)10/h4-5H,3,10H2,1-2H3. The van der Waals surface area contributed by atoms with E-state index in [0.29, 0.717) is 17.9 Å². The van der Waals surface area contributed by atoms with E-state index in [0.717, 1.165) is 5.69 Å². The molecule has 13 heavy (non-hydrogen) atoms. The van der Waals surface area contributed by atoms with Gasteiger partial charge in [-0.1, -0.05) is 0 Å². The zero-order chi connectivity index (χ0) is 9.84. The molecule has 0 unspecified atom stereocenters. The average Bonchev–Trinajstić information content (AvgIpc) is 2.09. The Balaban J connectivity index is 2.99. The molecule has 1 rings (SSSR count). The van der Waals surface area contributed by atoms with Crippen molar-refractivity contribution in [2.24, 2.45) is 0 Å². The van der Waals surface area contributed by atoms with Crippen molar-refractivity contribution in [3.8, 4) is 0 Å². The number of nitrogens with zero attached hydrogens (tertiary/aromatic N) is 1. The fourth-order valence-electron chi connectivity index (χ4n) is 0.956. The number of rotatable bonds is 2. The maximum absolute atomic E-state index is 11.3. The van der Waals surface area contributed by atoms with Crippen LogP contribution in [0.15, 0.2) is 12.3 Å². The molecular weight excluding hydrogens is 168 g/mol. The van der Waals surface area contributed by atoms with Gasteiger partial charge < -0.3 is 10.5 Å². The van der Waals surface area contributed by atoms with Crippen molar-refractivity contribution < 1.29 is 9.53 Å². The Kier molecular flexibility index (Phi) is 2.84. The van der Waals surface area contributed by atoms with Crippen LogP contribution >= 0.6 is 0 Å². The van der Waals surface area contributed by atoms with E-state index in [-0.39, 0.29) is 0 Å². The summed E-state index contributed by atoms with van der Waals surface area (Å²) in [5, 5.41) is 0. The minimum absolute atomic E-state index is 0.347. The lowest BCUT2D eigenvalue weighted by atomic mass is 10.2. The first-order chi connectivity index (χ1) is 6.15. The topological polar surface area (TPSA) is 65.2 Å². The summed E-state index contributed by atoms with van der Waals surface area (Å²) in [6.45, 7) is 3.89. The quantitative estimate of drug-likeness (QED) is 0.693. The van der Waals surface area contributed by atoms with E-state index in [9.17, 15) is 4.79 Å². The minimum atomic E-state index is -0.398. The summed E-state index contributed by atoms with van der Waals surface area (Å²) in [6.07, 6.45) is 1.46. The predicted octanol–water partition coefficient (Wildman–Crippen LogP) is 1.15. The molecule has 1 aromatic rings. The molecular formula is C9H12N2O2.